The van der Waals surface area contributed by atoms with E-state index in [0.29, 0.717) is 48.9 Å². The molecule has 1 saturated heterocycles. The molecule has 0 aliphatic carbocycles. The summed E-state index contributed by atoms with van der Waals surface area (Å²) in [6.45, 7) is 4.15. The zero-order valence-corrected chi connectivity index (χ0v) is 16.2. The first-order valence-electron chi connectivity index (χ1n) is 9.48. The zero-order valence-electron chi connectivity index (χ0n) is 16.2. The quantitative estimate of drug-likeness (QED) is 0.544. The van der Waals surface area contributed by atoms with Gasteiger partial charge in [0.2, 0.25) is 5.89 Å². The Morgan fingerprint density at radius 2 is 1.69 bits per heavy atom. The Bertz CT molecular complexity index is 1030. The third-order valence-electron chi connectivity index (χ3n) is 5.12. The van der Waals surface area contributed by atoms with Crippen LogP contribution in [0.2, 0.25) is 0 Å². The molecule has 1 aliphatic rings. The lowest BCUT2D eigenvalue weighted by atomic mass is 10.1. The van der Waals surface area contributed by atoms with E-state index >= 15 is 0 Å². The normalized spacial score (nSPS) is 14.1. The van der Waals surface area contributed by atoms with E-state index in [0.717, 1.165) is 5.69 Å². The minimum Gasteiger partial charge on any atom is -0.444 e. The van der Waals surface area contributed by atoms with Crippen molar-refractivity contribution in [3.63, 3.8) is 0 Å². The number of oxazole rings is 1. The number of para-hydroxylation sites is 1. The second kappa shape index (κ2) is 7.79. The van der Waals surface area contributed by atoms with Crippen molar-refractivity contribution in [3.05, 3.63) is 66.1 Å². The molecule has 0 spiro atoms. The van der Waals surface area contributed by atoms with E-state index < -0.39 is 0 Å². The molecule has 0 bridgehead atoms. The first-order chi connectivity index (χ1) is 14.0. The number of ketones is 1. The number of benzene rings is 2. The van der Waals surface area contributed by atoms with Gasteiger partial charge in [0.1, 0.15) is 6.26 Å². The predicted molar refractivity (Wildman–Crippen MR) is 111 cm³/mol. The lowest BCUT2D eigenvalue weighted by molar-refractivity contribution is 0.0740. The lowest BCUT2D eigenvalue weighted by Gasteiger charge is -2.35. The summed E-state index contributed by atoms with van der Waals surface area (Å²) in [4.78, 5) is 32.5. The summed E-state index contributed by atoms with van der Waals surface area (Å²) in [5.74, 6) is 0.243. The molecule has 29 heavy (non-hydrogen) atoms. The minimum absolute atomic E-state index is 0.0520. The summed E-state index contributed by atoms with van der Waals surface area (Å²) >= 11 is 0. The molecule has 7 nitrogen and oxygen atoms in total. The second-order valence-corrected chi connectivity index (χ2v) is 7.01. The average Bonchev–Trinajstić information content (AvgIpc) is 3.24. The maximum Gasteiger partial charge on any atom is 0.275 e. The van der Waals surface area contributed by atoms with Gasteiger partial charge in [-0.05, 0) is 43.3 Å². The molecule has 1 aliphatic heterocycles. The summed E-state index contributed by atoms with van der Waals surface area (Å²) in [6, 6.07) is 14.8. The average molecular weight is 390 g/mol. The molecule has 2 aromatic carbocycles. The van der Waals surface area contributed by atoms with Crippen molar-refractivity contribution in [1.29, 1.82) is 0 Å². The fourth-order valence-electron chi connectivity index (χ4n) is 3.42. The number of carbonyl (C=O) groups excluding carboxylic acids is 2. The van der Waals surface area contributed by atoms with Gasteiger partial charge in [-0.25, -0.2) is 4.98 Å². The van der Waals surface area contributed by atoms with Gasteiger partial charge >= 0.3 is 0 Å². The Morgan fingerprint density at radius 1 is 1.00 bits per heavy atom. The van der Waals surface area contributed by atoms with Crippen LogP contribution in [0.15, 0.2) is 59.2 Å². The van der Waals surface area contributed by atoms with E-state index in [-0.39, 0.29) is 17.4 Å². The van der Waals surface area contributed by atoms with Crippen molar-refractivity contribution in [2.24, 2.45) is 0 Å². The highest BCUT2D eigenvalue weighted by Crippen LogP contribution is 2.25. The summed E-state index contributed by atoms with van der Waals surface area (Å²) in [7, 11) is 0. The van der Waals surface area contributed by atoms with Gasteiger partial charge in [0, 0.05) is 43.1 Å². The first kappa shape index (κ1) is 18.7. The van der Waals surface area contributed by atoms with Crippen LogP contribution in [-0.2, 0) is 0 Å². The fraction of sp³-hybridized carbons (Fsp3) is 0.227. The predicted octanol–water partition coefficient (Wildman–Crippen LogP) is 3.09. The maximum atomic E-state index is 12.8. The highest BCUT2D eigenvalue weighted by molar-refractivity contribution is 5.94. The van der Waals surface area contributed by atoms with Crippen LogP contribution in [0.1, 0.15) is 27.8 Å². The van der Waals surface area contributed by atoms with E-state index in [1.807, 2.05) is 42.5 Å². The minimum atomic E-state index is -0.152. The molecule has 4 rings (SSSR count). The molecule has 1 amide bonds. The third-order valence-corrected chi connectivity index (χ3v) is 5.12. The van der Waals surface area contributed by atoms with Gasteiger partial charge in [0.25, 0.3) is 5.91 Å². The highest BCUT2D eigenvalue weighted by atomic mass is 16.3. The standard InChI is InChI=1S/C22H22N4O3/c1-15(27)16-6-8-17(9-7-16)25-10-12-26(13-11-25)22(28)20-14-29-21(24-20)18-4-2-3-5-19(18)23/h2-9,14H,10-13,23H2,1H3. The Hall–Kier alpha value is -3.61. The molecular weight excluding hydrogens is 368 g/mol. The number of Topliss-reactive ketones (excluding diaryl/α,β-unsaturated/α-hetero) is 1. The van der Waals surface area contributed by atoms with Crippen molar-refractivity contribution in [1.82, 2.24) is 9.88 Å². The fourth-order valence-corrected chi connectivity index (χ4v) is 3.42. The molecule has 0 radical (unpaired) electrons. The number of anilines is 2. The highest BCUT2D eigenvalue weighted by Gasteiger charge is 2.25. The van der Waals surface area contributed by atoms with Crippen molar-refractivity contribution in [3.8, 4) is 11.5 Å². The Labute approximate surface area is 168 Å². The van der Waals surface area contributed by atoms with Crippen molar-refractivity contribution in [2.75, 3.05) is 36.8 Å². The van der Waals surface area contributed by atoms with Gasteiger partial charge in [-0.1, -0.05) is 12.1 Å². The Balaban J connectivity index is 1.40. The Morgan fingerprint density at radius 3 is 2.34 bits per heavy atom. The van der Waals surface area contributed by atoms with E-state index in [1.54, 1.807) is 17.9 Å². The molecule has 1 aromatic heterocycles. The molecule has 2 N–H and O–H groups in total. The number of rotatable bonds is 4. The topological polar surface area (TPSA) is 92.7 Å². The van der Waals surface area contributed by atoms with E-state index in [9.17, 15) is 9.59 Å². The molecule has 0 unspecified atom stereocenters. The SMILES string of the molecule is CC(=O)c1ccc(N2CCN(C(=O)c3coc(-c4ccccc4N)n3)CC2)cc1. The zero-order chi connectivity index (χ0) is 20.4. The van der Waals surface area contributed by atoms with Gasteiger partial charge < -0.3 is 20.0 Å². The largest absolute Gasteiger partial charge is 0.444 e. The number of hydrogen-bond donors (Lipinski definition) is 1. The van der Waals surface area contributed by atoms with Gasteiger partial charge in [-0.2, -0.15) is 0 Å². The number of amides is 1. The first-order valence-corrected chi connectivity index (χ1v) is 9.48. The van der Waals surface area contributed by atoms with E-state index in [1.165, 1.54) is 6.26 Å². The van der Waals surface area contributed by atoms with Crippen LogP contribution < -0.4 is 10.6 Å². The molecule has 3 aromatic rings. The van der Waals surface area contributed by atoms with Crippen molar-refractivity contribution >= 4 is 23.1 Å². The van der Waals surface area contributed by atoms with Crippen LogP contribution in [0.3, 0.4) is 0 Å². The van der Waals surface area contributed by atoms with E-state index in [4.69, 9.17) is 10.2 Å². The smallest absolute Gasteiger partial charge is 0.275 e. The van der Waals surface area contributed by atoms with Crippen LogP contribution in [0.25, 0.3) is 11.5 Å². The molecule has 148 valence electrons. The van der Waals surface area contributed by atoms with E-state index in [2.05, 4.69) is 9.88 Å². The van der Waals surface area contributed by atoms with Crippen LogP contribution in [0.4, 0.5) is 11.4 Å². The molecule has 0 atom stereocenters. The van der Waals surface area contributed by atoms with Gasteiger partial charge in [-0.15, -0.1) is 0 Å². The lowest BCUT2D eigenvalue weighted by Crippen LogP contribution is -2.48. The molecule has 0 saturated carbocycles. The summed E-state index contributed by atoms with van der Waals surface area (Å²) in [5.41, 5.74) is 9.21. The van der Waals surface area contributed by atoms with Gasteiger partial charge in [0.05, 0.1) is 5.56 Å². The van der Waals surface area contributed by atoms with Crippen LogP contribution in [-0.4, -0.2) is 47.8 Å². The maximum absolute atomic E-state index is 12.8. The number of piperazine rings is 1. The van der Waals surface area contributed by atoms with Gasteiger partial charge in [0.15, 0.2) is 11.5 Å². The molecule has 1 fully saturated rings. The van der Waals surface area contributed by atoms with Crippen molar-refractivity contribution in [2.45, 2.75) is 6.92 Å². The number of carbonyl (C=O) groups is 2. The van der Waals surface area contributed by atoms with Crippen LogP contribution in [0, 0.1) is 0 Å². The van der Waals surface area contributed by atoms with Gasteiger partial charge in [-0.3, -0.25) is 9.59 Å². The monoisotopic (exact) mass is 390 g/mol. The Kier molecular flexibility index (Phi) is 5.03. The summed E-state index contributed by atoms with van der Waals surface area (Å²) in [6.07, 6.45) is 1.39. The number of nitrogens with two attached hydrogens (primary N) is 1. The molecule has 7 heteroatoms. The number of hydrogen-bond acceptors (Lipinski definition) is 6. The number of aromatic nitrogens is 1. The summed E-state index contributed by atoms with van der Waals surface area (Å²) < 4.78 is 5.49. The number of nitrogens with zero attached hydrogens (tertiary/aromatic N) is 3. The second-order valence-electron chi connectivity index (χ2n) is 7.01. The third kappa shape index (κ3) is 3.85. The molecular formula is C22H22N4O3. The number of nitrogen functional groups attached to an aromatic ring is 1. The van der Waals surface area contributed by atoms with Crippen LogP contribution in [0.5, 0.6) is 0 Å². The van der Waals surface area contributed by atoms with Crippen LogP contribution >= 0.6 is 0 Å². The summed E-state index contributed by atoms with van der Waals surface area (Å²) in [5, 5.41) is 0. The molecule has 2 heterocycles. The van der Waals surface area contributed by atoms with Crippen molar-refractivity contribution < 1.29 is 14.0 Å².